The second-order valence-electron chi connectivity index (χ2n) is 10.8. The van der Waals surface area contributed by atoms with Gasteiger partial charge in [0.2, 0.25) is 0 Å². The quantitative estimate of drug-likeness (QED) is 0.546. The molecular weight excluding hydrogens is 336 g/mol. The highest BCUT2D eigenvalue weighted by molar-refractivity contribution is 5.58. The van der Waals surface area contributed by atoms with Crippen LogP contribution in [0.2, 0.25) is 0 Å². The van der Waals surface area contributed by atoms with E-state index in [0.717, 1.165) is 41.4 Å². The van der Waals surface area contributed by atoms with Crippen LogP contribution < -0.4 is 0 Å². The van der Waals surface area contributed by atoms with E-state index in [2.05, 4.69) is 42.5 Å². The summed E-state index contributed by atoms with van der Waals surface area (Å²) in [6.45, 7) is 0. The number of fused-ring (bicyclic) bond motifs is 10. The Kier molecular flexibility index (Phi) is 3.47. The Morgan fingerprint density at radius 2 is 1.43 bits per heavy atom. The summed E-state index contributed by atoms with van der Waals surface area (Å²) in [7, 11) is 0. The predicted molar refractivity (Wildman–Crippen MR) is 115 cm³/mol. The van der Waals surface area contributed by atoms with Crippen LogP contribution in [0.5, 0.6) is 0 Å². The molecule has 0 aliphatic heterocycles. The third-order valence-corrected chi connectivity index (χ3v) is 9.66. The minimum atomic E-state index is 0.913. The highest BCUT2D eigenvalue weighted by Gasteiger charge is 2.57. The van der Waals surface area contributed by atoms with Gasteiger partial charge in [-0.15, -0.1) is 0 Å². The average molecular weight is 369 g/mol. The van der Waals surface area contributed by atoms with E-state index < -0.39 is 0 Å². The van der Waals surface area contributed by atoms with E-state index in [1.54, 1.807) is 5.56 Å². The number of hydrogen-bond acceptors (Lipinski definition) is 0. The molecule has 0 nitrogen and oxygen atoms in total. The lowest BCUT2D eigenvalue weighted by Crippen LogP contribution is -2.33. The van der Waals surface area contributed by atoms with E-state index in [-0.39, 0.29) is 0 Å². The number of aryl methyl sites for hydroxylation is 2. The van der Waals surface area contributed by atoms with Gasteiger partial charge in [0.05, 0.1) is 0 Å². The van der Waals surface area contributed by atoms with Crippen LogP contribution in [-0.4, -0.2) is 0 Å². The molecule has 0 radical (unpaired) electrons. The minimum absolute atomic E-state index is 0.913. The van der Waals surface area contributed by atoms with Crippen LogP contribution in [0, 0.1) is 23.7 Å². The van der Waals surface area contributed by atoms with Gasteiger partial charge < -0.3 is 0 Å². The highest BCUT2D eigenvalue weighted by Crippen LogP contribution is 2.70. The number of rotatable bonds is 4. The molecule has 0 saturated heterocycles. The topological polar surface area (TPSA) is 0 Å². The summed E-state index contributed by atoms with van der Waals surface area (Å²) in [5, 5.41) is 0. The fourth-order valence-electron chi connectivity index (χ4n) is 8.58. The van der Waals surface area contributed by atoms with Gasteiger partial charge in [-0.1, -0.05) is 48.9 Å². The summed E-state index contributed by atoms with van der Waals surface area (Å²) in [6.07, 6.45) is 13.1. The van der Waals surface area contributed by atoms with E-state index in [4.69, 9.17) is 0 Å². The zero-order valence-electron chi connectivity index (χ0n) is 16.9. The van der Waals surface area contributed by atoms with Crippen molar-refractivity contribution in [3.63, 3.8) is 0 Å². The first-order valence-corrected chi connectivity index (χ1v) is 12.1. The predicted octanol–water partition coefficient (Wildman–Crippen LogP) is 6.99. The number of benzene rings is 2. The second-order valence-corrected chi connectivity index (χ2v) is 10.8. The van der Waals surface area contributed by atoms with E-state index >= 15 is 0 Å². The van der Waals surface area contributed by atoms with Crippen molar-refractivity contribution in [2.24, 2.45) is 23.7 Å². The molecule has 7 rings (SSSR count). The molecule has 5 aliphatic carbocycles. The van der Waals surface area contributed by atoms with Crippen LogP contribution in [0.4, 0.5) is 0 Å². The summed E-state index contributed by atoms with van der Waals surface area (Å²) in [4.78, 5) is 0. The molecule has 4 saturated carbocycles. The lowest BCUT2D eigenvalue weighted by molar-refractivity contribution is 0.312. The van der Waals surface area contributed by atoms with Crippen molar-refractivity contribution in [1.29, 1.82) is 0 Å². The third-order valence-electron chi connectivity index (χ3n) is 9.66. The fraction of sp³-hybridized carbons (Fsp3) is 0.571. The Balaban J connectivity index is 1.27. The van der Waals surface area contributed by atoms with Gasteiger partial charge in [-0.05, 0) is 121 Å². The molecule has 28 heavy (non-hydrogen) atoms. The fourth-order valence-corrected chi connectivity index (χ4v) is 8.58. The van der Waals surface area contributed by atoms with Gasteiger partial charge >= 0.3 is 0 Å². The molecule has 7 unspecified atom stereocenters. The maximum absolute atomic E-state index is 2.62. The monoisotopic (exact) mass is 368 g/mol. The molecule has 0 heteroatoms. The van der Waals surface area contributed by atoms with E-state index in [9.17, 15) is 0 Å². The van der Waals surface area contributed by atoms with Crippen molar-refractivity contribution in [2.45, 2.75) is 75.5 Å². The smallest absolute Gasteiger partial charge is 0.00560 e. The molecule has 0 heterocycles. The maximum atomic E-state index is 2.62. The van der Waals surface area contributed by atoms with E-state index in [1.807, 2.05) is 16.7 Å². The van der Waals surface area contributed by atoms with Crippen LogP contribution in [-0.2, 0) is 12.8 Å². The molecular formula is C28H32. The summed E-state index contributed by atoms with van der Waals surface area (Å²) in [6, 6.07) is 16.3. The molecule has 2 aromatic rings. The zero-order valence-corrected chi connectivity index (χ0v) is 16.9. The van der Waals surface area contributed by atoms with Crippen LogP contribution >= 0.6 is 0 Å². The van der Waals surface area contributed by atoms with E-state index in [1.165, 1.54) is 63.4 Å². The van der Waals surface area contributed by atoms with Crippen molar-refractivity contribution in [3.8, 4) is 0 Å². The van der Waals surface area contributed by atoms with Gasteiger partial charge in [-0.2, -0.15) is 0 Å². The van der Waals surface area contributed by atoms with Crippen LogP contribution in [0.1, 0.15) is 90.5 Å². The Hall–Kier alpha value is -1.56. The summed E-state index contributed by atoms with van der Waals surface area (Å²) in [5.74, 6) is 6.94. The Labute approximate surface area is 169 Å². The van der Waals surface area contributed by atoms with Gasteiger partial charge in [0.15, 0.2) is 0 Å². The third kappa shape index (κ3) is 2.18. The SMILES string of the molecule is c1ccc(CCc2ccc(C3CC4CCC3C4)c3c2C2C4CCC(C4)C32)cc1. The lowest BCUT2D eigenvalue weighted by atomic mass is 9.57. The molecule has 144 valence electrons. The summed E-state index contributed by atoms with van der Waals surface area (Å²) >= 11 is 0. The molecule has 5 aliphatic rings. The Bertz CT molecular complexity index is 909. The maximum Gasteiger partial charge on any atom is -0.00560 e. The summed E-state index contributed by atoms with van der Waals surface area (Å²) in [5.41, 5.74) is 8.81. The molecule has 7 atom stereocenters. The first kappa shape index (κ1) is 16.3. The largest absolute Gasteiger partial charge is 0.0622 e. The van der Waals surface area contributed by atoms with Crippen LogP contribution in [0.3, 0.4) is 0 Å². The summed E-state index contributed by atoms with van der Waals surface area (Å²) < 4.78 is 0. The molecule has 0 N–H and O–H groups in total. The molecule has 4 bridgehead atoms. The van der Waals surface area contributed by atoms with Crippen LogP contribution in [0.15, 0.2) is 42.5 Å². The van der Waals surface area contributed by atoms with Crippen molar-refractivity contribution in [2.75, 3.05) is 0 Å². The van der Waals surface area contributed by atoms with Gasteiger partial charge in [-0.3, -0.25) is 0 Å². The standard InChI is InChI=1S/C28H32/c1-2-4-17(5-3-1)6-8-19-12-13-23(24-15-18-7-9-20(24)14-18)28-25(19)26-21-10-11-22(16-21)27(26)28/h1-5,12-13,18,20-22,24,26-27H,6-11,14-16H2. The van der Waals surface area contributed by atoms with Gasteiger partial charge in [-0.25, -0.2) is 0 Å². The molecule has 2 aromatic carbocycles. The van der Waals surface area contributed by atoms with Crippen molar-refractivity contribution >= 4 is 0 Å². The second kappa shape index (κ2) is 5.97. The van der Waals surface area contributed by atoms with Crippen molar-refractivity contribution < 1.29 is 0 Å². The van der Waals surface area contributed by atoms with Gasteiger partial charge in [0, 0.05) is 0 Å². The van der Waals surface area contributed by atoms with Crippen molar-refractivity contribution in [3.05, 3.63) is 70.3 Å². The van der Waals surface area contributed by atoms with Crippen molar-refractivity contribution in [1.82, 2.24) is 0 Å². The first-order valence-electron chi connectivity index (χ1n) is 12.1. The Morgan fingerprint density at radius 1 is 0.643 bits per heavy atom. The highest BCUT2D eigenvalue weighted by atomic mass is 14.6. The lowest BCUT2D eigenvalue weighted by Gasteiger charge is -2.47. The van der Waals surface area contributed by atoms with E-state index in [0.29, 0.717) is 0 Å². The Morgan fingerprint density at radius 3 is 2.18 bits per heavy atom. The molecule has 4 fully saturated rings. The number of hydrogen-bond donors (Lipinski definition) is 0. The molecule has 0 aromatic heterocycles. The van der Waals surface area contributed by atoms with Gasteiger partial charge in [0.25, 0.3) is 0 Å². The normalized spacial score (nSPS) is 39.1. The minimum Gasteiger partial charge on any atom is -0.0622 e. The first-order chi connectivity index (χ1) is 13.9. The van der Waals surface area contributed by atoms with Gasteiger partial charge in [0.1, 0.15) is 0 Å². The van der Waals surface area contributed by atoms with Crippen LogP contribution in [0.25, 0.3) is 0 Å². The average Bonchev–Trinajstić information content (AvgIpc) is 3.49. The molecule has 0 spiro atoms. The zero-order chi connectivity index (χ0) is 18.2. The molecule has 0 amide bonds.